The fourth-order valence-corrected chi connectivity index (χ4v) is 5.17. The molecule has 1 heterocycles. The second-order valence-corrected chi connectivity index (χ2v) is 9.22. The topological polar surface area (TPSA) is 76.0 Å². The first kappa shape index (κ1) is 24.7. The van der Waals surface area contributed by atoms with Gasteiger partial charge in [0.2, 0.25) is 6.29 Å². The monoisotopic (exact) mass is 448 g/mol. The fourth-order valence-electron chi connectivity index (χ4n) is 5.17. The third-order valence-corrected chi connectivity index (χ3v) is 6.83. The molecule has 2 saturated carbocycles. The lowest BCUT2D eigenvalue weighted by Gasteiger charge is -2.26. The van der Waals surface area contributed by atoms with Gasteiger partial charge in [0.05, 0.1) is 12.4 Å². The number of alkyl halides is 1. The van der Waals surface area contributed by atoms with Gasteiger partial charge in [-0.25, -0.2) is 4.39 Å². The van der Waals surface area contributed by atoms with E-state index in [9.17, 15) is 14.3 Å². The second kappa shape index (κ2) is 12.4. The number of carbonyl (C=O) groups is 1. The Morgan fingerprint density at radius 3 is 2.91 bits per heavy atom. The highest BCUT2D eigenvalue weighted by atomic mass is 19.1. The Balaban J connectivity index is 1.64. The molecule has 0 radical (unpaired) electrons. The van der Waals surface area contributed by atoms with E-state index in [-0.39, 0.29) is 18.4 Å². The number of hydrogen-bond donors (Lipinski definition) is 2. The number of ether oxygens (including phenoxy) is 2. The SMILES string of the molecule is CCCCC(F)C(O)/C=C/C1[C@H]2C/C(=C/CCCC(=O)O)C[C@H]2C[C@H]1O[C@H]1C=CC=CO1. The van der Waals surface area contributed by atoms with Crippen LogP contribution in [-0.2, 0) is 14.3 Å². The van der Waals surface area contributed by atoms with E-state index in [1.807, 2.05) is 31.2 Å². The number of rotatable bonds is 12. The van der Waals surface area contributed by atoms with Crippen LogP contribution in [0.1, 0.15) is 64.7 Å². The quantitative estimate of drug-likeness (QED) is 0.306. The molecule has 32 heavy (non-hydrogen) atoms. The average molecular weight is 449 g/mol. The van der Waals surface area contributed by atoms with E-state index in [0.29, 0.717) is 24.7 Å². The number of carboxylic acid groups (broad SMARTS) is 1. The minimum Gasteiger partial charge on any atom is -0.481 e. The fraction of sp³-hybridized carbons (Fsp3) is 0.654. The molecule has 0 spiro atoms. The number of hydrogen-bond acceptors (Lipinski definition) is 4. The van der Waals surface area contributed by atoms with Gasteiger partial charge in [-0.1, -0.05) is 49.6 Å². The summed E-state index contributed by atoms with van der Waals surface area (Å²) in [5.41, 5.74) is 1.38. The lowest BCUT2D eigenvalue weighted by atomic mass is 9.90. The van der Waals surface area contributed by atoms with Crippen LogP contribution in [0, 0.1) is 17.8 Å². The molecule has 0 aromatic rings. The summed E-state index contributed by atoms with van der Waals surface area (Å²) in [4.78, 5) is 10.7. The molecule has 2 aliphatic carbocycles. The lowest BCUT2D eigenvalue weighted by Crippen LogP contribution is -2.28. The molecular weight excluding hydrogens is 411 g/mol. The maximum Gasteiger partial charge on any atom is 0.303 e. The molecule has 6 heteroatoms. The maximum absolute atomic E-state index is 14.3. The van der Waals surface area contributed by atoms with Crippen LogP contribution in [0.3, 0.4) is 0 Å². The predicted octanol–water partition coefficient (Wildman–Crippen LogP) is 5.47. The van der Waals surface area contributed by atoms with Crippen LogP contribution in [0.4, 0.5) is 4.39 Å². The lowest BCUT2D eigenvalue weighted by molar-refractivity contribution is -0.137. The maximum atomic E-state index is 14.3. The van der Waals surface area contributed by atoms with Crippen LogP contribution >= 0.6 is 0 Å². The van der Waals surface area contributed by atoms with Crippen molar-refractivity contribution in [3.8, 4) is 0 Å². The number of aliphatic carboxylic acids is 1. The zero-order valence-electron chi connectivity index (χ0n) is 18.9. The van der Waals surface area contributed by atoms with E-state index in [1.54, 1.807) is 12.3 Å². The summed E-state index contributed by atoms with van der Waals surface area (Å²) in [6, 6.07) is 0. The van der Waals surface area contributed by atoms with Gasteiger partial charge in [0, 0.05) is 12.3 Å². The highest BCUT2D eigenvalue weighted by Gasteiger charge is 2.47. The Hall–Kier alpha value is -1.92. The van der Waals surface area contributed by atoms with E-state index in [4.69, 9.17) is 14.6 Å². The van der Waals surface area contributed by atoms with Crippen molar-refractivity contribution in [3.63, 3.8) is 0 Å². The van der Waals surface area contributed by atoms with Crippen molar-refractivity contribution < 1.29 is 28.9 Å². The molecule has 1 aliphatic heterocycles. The first-order valence-electron chi connectivity index (χ1n) is 12.0. The van der Waals surface area contributed by atoms with Crippen molar-refractivity contribution in [1.29, 1.82) is 0 Å². The van der Waals surface area contributed by atoms with Crippen LogP contribution in [0.2, 0.25) is 0 Å². The van der Waals surface area contributed by atoms with Gasteiger partial charge in [-0.2, -0.15) is 0 Å². The van der Waals surface area contributed by atoms with E-state index < -0.39 is 24.5 Å². The van der Waals surface area contributed by atoms with Crippen LogP contribution in [-0.4, -0.2) is 40.9 Å². The molecule has 3 aliphatic rings. The molecule has 178 valence electrons. The summed E-state index contributed by atoms with van der Waals surface area (Å²) < 4.78 is 26.1. The molecule has 3 unspecified atom stereocenters. The number of aliphatic hydroxyl groups excluding tert-OH is 1. The van der Waals surface area contributed by atoms with Gasteiger partial charge < -0.3 is 19.7 Å². The van der Waals surface area contributed by atoms with Crippen LogP contribution in [0.5, 0.6) is 0 Å². The van der Waals surface area contributed by atoms with Gasteiger partial charge in [-0.3, -0.25) is 4.79 Å². The molecule has 7 atom stereocenters. The number of carboxylic acids is 1. The molecular formula is C26H37FO5. The van der Waals surface area contributed by atoms with Crippen molar-refractivity contribution in [2.24, 2.45) is 17.8 Å². The average Bonchev–Trinajstić information content (AvgIpc) is 3.31. The van der Waals surface area contributed by atoms with Crippen molar-refractivity contribution in [2.75, 3.05) is 0 Å². The standard InChI is InChI=1S/C26H37FO5/c1-2-3-9-22(27)23(28)13-12-20-21-16-18(8-4-5-10-25(29)30)15-19(21)17-24(20)32-26-11-6-7-14-31-26/h6-8,11-14,19-24,26,28H,2-5,9-10,15-17H2,1H3,(H,29,30)/b13-12+,18-8+/t19-,20?,21-,22?,23?,24+,26-/m0/s1. The highest BCUT2D eigenvalue weighted by Crippen LogP contribution is 2.51. The minimum absolute atomic E-state index is 0.0446. The van der Waals surface area contributed by atoms with Crippen LogP contribution < -0.4 is 0 Å². The van der Waals surface area contributed by atoms with Gasteiger partial charge in [0.15, 0.2) is 0 Å². The molecule has 0 bridgehead atoms. The predicted molar refractivity (Wildman–Crippen MR) is 121 cm³/mol. The van der Waals surface area contributed by atoms with Gasteiger partial charge in [-0.15, -0.1) is 0 Å². The molecule has 0 aromatic heterocycles. The first-order chi connectivity index (χ1) is 15.5. The Labute approximate surface area is 190 Å². The number of halogens is 1. The number of aliphatic hydroxyl groups is 1. The smallest absolute Gasteiger partial charge is 0.303 e. The van der Waals surface area contributed by atoms with Gasteiger partial charge in [-0.05, 0) is 62.5 Å². The largest absolute Gasteiger partial charge is 0.481 e. The Kier molecular flexibility index (Phi) is 9.54. The normalized spacial score (nSPS) is 32.3. The number of allylic oxidation sites excluding steroid dienone is 4. The molecule has 0 amide bonds. The molecule has 3 rings (SSSR count). The van der Waals surface area contributed by atoms with E-state index in [2.05, 4.69) is 6.08 Å². The molecule has 0 saturated heterocycles. The Morgan fingerprint density at radius 1 is 1.34 bits per heavy atom. The van der Waals surface area contributed by atoms with Crippen LogP contribution in [0.15, 0.2) is 48.3 Å². The van der Waals surface area contributed by atoms with Crippen molar-refractivity contribution >= 4 is 5.97 Å². The van der Waals surface area contributed by atoms with Gasteiger partial charge in [0.25, 0.3) is 0 Å². The summed E-state index contributed by atoms with van der Waals surface area (Å²) >= 11 is 0. The first-order valence-corrected chi connectivity index (χ1v) is 12.0. The summed E-state index contributed by atoms with van der Waals surface area (Å²) in [7, 11) is 0. The Morgan fingerprint density at radius 2 is 2.19 bits per heavy atom. The second-order valence-electron chi connectivity index (χ2n) is 9.22. The highest BCUT2D eigenvalue weighted by molar-refractivity contribution is 5.66. The third-order valence-electron chi connectivity index (χ3n) is 6.83. The third kappa shape index (κ3) is 7.04. The molecule has 2 fully saturated rings. The summed E-state index contributed by atoms with van der Waals surface area (Å²) in [6.07, 6.45) is 16.7. The number of unbranched alkanes of at least 4 members (excludes halogenated alkanes) is 2. The molecule has 5 nitrogen and oxygen atoms in total. The molecule has 2 N–H and O–H groups in total. The summed E-state index contributed by atoms with van der Waals surface area (Å²) in [6.45, 7) is 2.01. The Bertz CT molecular complexity index is 728. The summed E-state index contributed by atoms with van der Waals surface area (Å²) in [5, 5.41) is 19.1. The summed E-state index contributed by atoms with van der Waals surface area (Å²) in [5.74, 6) is 0.183. The van der Waals surface area contributed by atoms with Gasteiger partial charge in [0.1, 0.15) is 12.3 Å². The van der Waals surface area contributed by atoms with Gasteiger partial charge >= 0.3 is 5.97 Å². The minimum atomic E-state index is -1.24. The zero-order chi connectivity index (χ0) is 22.9. The van der Waals surface area contributed by atoms with E-state index in [0.717, 1.165) is 38.5 Å². The number of fused-ring (bicyclic) bond motifs is 1. The van der Waals surface area contributed by atoms with E-state index >= 15 is 0 Å². The molecule has 0 aromatic carbocycles. The van der Waals surface area contributed by atoms with E-state index in [1.165, 1.54) is 5.57 Å². The van der Waals surface area contributed by atoms with Crippen LogP contribution in [0.25, 0.3) is 0 Å². The van der Waals surface area contributed by atoms with Crippen molar-refractivity contribution in [2.45, 2.75) is 89.4 Å². The van der Waals surface area contributed by atoms with Crippen molar-refractivity contribution in [3.05, 3.63) is 48.3 Å². The van der Waals surface area contributed by atoms with Crippen molar-refractivity contribution in [1.82, 2.24) is 0 Å². The zero-order valence-corrected chi connectivity index (χ0v) is 18.9.